The van der Waals surface area contributed by atoms with E-state index < -0.39 is 0 Å². The highest BCUT2D eigenvalue weighted by Crippen LogP contribution is 2.32. The molecule has 0 bridgehead atoms. The first-order valence-electron chi connectivity index (χ1n) is 6.71. The van der Waals surface area contributed by atoms with E-state index in [1.54, 1.807) is 6.07 Å². The van der Waals surface area contributed by atoms with Crippen molar-refractivity contribution >= 4 is 10.9 Å². The first kappa shape index (κ1) is 12.9. The quantitative estimate of drug-likeness (QED) is 0.775. The molecule has 0 spiro atoms. The van der Waals surface area contributed by atoms with E-state index in [-0.39, 0.29) is 11.7 Å². The van der Waals surface area contributed by atoms with E-state index in [4.69, 9.17) is 5.73 Å². The van der Waals surface area contributed by atoms with Gasteiger partial charge in [-0.3, -0.25) is 0 Å². The minimum absolute atomic E-state index is 0.123. The molecule has 0 fully saturated rings. The van der Waals surface area contributed by atoms with Gasteiger partial charge in [0, 0.05) is 36.6 Å². The molecule has 20 heavy (non-hydrogen) atoms. The molecule has 3 aromatic rings. The third kappa shape index (κ3) is 2.00. The van der Waals surface area contributed by atoms with Crippen LogP contribution < -0.4 is 5.73 Å². The topological polar surface area (TPSA) is 30.9 Å². The largest absolute Gasteiger partial charge is 0.350 e. The van der Waals surface area contributed by atoms with Gasteiger partial charge >= 0.3 is 0 Å². The van der Waals surface area contributed by atoms with E-state index >= 15 is 0 Å². The van der Waals surface area contributed by atoms with Crippen molar-refractivity contribution in [2.24, 2.45) is 12.8 Å². The Hall–Kier alpha value is -2.13. The molecule has 3 rings (SSSR count). The van der Waals surface area contributed by atoms with Gasteiger partial charge in [0.2, 0.25) is 0 Å². The van der Waals surface area contributed by atoms with Gasteiger partial charge in [-0.25, -0.2) is 4.39 Å². The molecule has 1 aromatic heterocycles. The lowest BCUT2D eigenvalue weighted by molar-refractivity contribution is 0.598. The number of halogens is 1. The summed E-state index contributed by atoms with van der Waals surface area (Å²) in [6.45, 7) is 0.384. The van der Waals surface area contributed by atoms with Gasteiger partial charge in [0.05, 0.1) is 0 Å². The van der Waals surface area contributed by atoms with Crippen LogP contribution in [0, 0.1) is 5.82 Å². The lowest BCUT2D eigenvalue weighted by Crippen LogP contribution is -2.15. The van der Waals surface area contributed by atoms with Gasteiger partial charge in [-0.1, -0.05) is 36.4 Å². The summed E-state index contributed by atoms with van der Waals surface area (Å²) in [5, 5.41) is 1.13. The van der Waals surface area contributed by atoms with Gasteiger partial charge in [-0.15, -0.1) is 0 Å². The van der Waals surface area contributed by atoms with Gasteiger partial charge < -0.3 is 10.3 Å². The van der Waals surface area contributed by atoms with Crippen LogP contribution in [-0.4, -0.2) is 11.1 Å². The van der Waals surface area contributed by atoms with E-state index in [9.17, 15) is 4.39 Å². The van der Waals surface area contributed by atoms with Crippen LogP contribution in [0.25, 0.3) is 10.9 Å². The Morgan fingerprint density at radius 3 is 2.50 bits per heavy atom. The molecule has 2 aromatic carbocycles. The fourth-order valence-electron chi connectivity index (χ4n) is 2.83. The SMILES string of the molecule is Cn1cc(C(CN)c2ccccc2F)c2ccccc21. The molecule has 0 aliphatic rings. The summed E-state index contributed by atoms with van der Waals surface area (Å²) in [7, 11) is 2.00. The zero-order valence-corrected chi connectivity index (χ0v) is 11.4. The van der Waals surface area contributed by atoms with E-state index in [1.165, 1.54) is 6.07 Å². The predicted molar refractivity (Wildman–Crippen MR) is 80.2 cm³/mol. The molecule has 3 heteroatoms. The molecule has 0 saturated heterocycles. The number of nitrogens with zero attached hydrogens (tertiary/aromatic N) is 1. The molecular formula is C17H17FN2. The molecule has 0 aliphatic carbocycles. The molecule has 1 unspecified atom stereocenters. The molecule has 0 amide bonds. The normalized spacial score (nSPS) is 12.8. The van der Waals surface area contributed by atoms with E-state index in [1.807, 2.05) is 31.3 Å². The maximum Gasteiger partial charge on any atom is 0.127 e. The van der Waals surface area contributed by atoms with E-state index in [0.717, 1.165) is 16.5 Å². The summed E-state index contributed by atoms with van der Waals surface area (Å²) in [5.74, 6) is -0.321. The lowest BCUT2D eigenvalue weighted by Gasteiger charge is -2.15. The van der Waals surface area contributed by atoms with Crippen LogP contribution >= 0.6 is 0 Å². The minimum atomic E-state index is -0.198. The Balaban J connectivity index is 2.20. The average Bonchev–Trinajstić information content (AvgIpc) is 2.80. The minimum Gasteiger partial charge on any atom is -0.350 e. The molecule has 102 valence electrons. The molecule has 2 nitrogen and oxygen atoms in total. The summed E-state index contributed by atoms with van der Waals surface area (Å²) >= 11 is 0. The highest BCUT2D eigenvalue weighted by molar-refractivity contribution is 5.85. The van der Waals surface area contributed by atoms with Crippen LogP contribution in [0.1, 0.15) is 17.0 Å². The van der Waals surface area contributed by atoms with Crippen molar-refractivity contribution in [1.29, 1.82) is 0 Å². The second kappa shape index (κ2) is 5.10. The van der Waals surface area contributed by atoms with Crippen molar-refractivity contribution in [3.63, 3.8) is 0 Å². The molecule has 1 heterocycles. The molecule has 2 N–H and O–H groups in total. The zero-order chi connectivity index (χ0) is 14.1. The lowest BCUT2D eigenvalue weighted by atomic mass is 9.91. The maximum atomic E-state index is 14.1. The van der Waals surface area contributed by atoms with Crippen molar-refractivity contribution in [3.05, 3.63) is 71.7 Å². The highest BCUT2D eigenvalue weighted by Gasteiger charge is 2.20. The standard InChI is InChI=1S/C17H17FN2/c1-20-11-15(13-7-3-5-9-17(13)20)14(10-19)12-6-2-4-8-16(12)18/h2-9,11,14H,10,19H2,1H3. The first-order valence-corrected chi connectivity index (χ1v) is 6.71. The fourth-order valence-corrected chi connectivity index (χ4v) is 2.83. The summed E-state index contributed by atoms with van der Waals surface area (Å²) in [5.41, 5.74) is 8.80. The maximum absolute atomic E-state index is 14.1. The van der Waals surface area contributed by atoms with Crippen LogP contribution in [0.15, 0.2) is 54.7 Å². The van der Waals surface area contributed by atoms with E-state index in [2.05, 4.69) is 22.9 Å². The third-order valence-corrected chi connectivity index (χ3v) is 3.82. The summed E-state index contributed by atoms with van der Waals surface area (Å²) in [6.07, 6.45) is 2.05. The Bertz CT molecular complexity index is 746. The summed E-state index contributed by atoms with van der Waals surface area (Å²) in [4.78, 5) is 0. The van der Waals surface area contributed by atoms with Crippen molar-refractivity contribution < 1.29 is 4.39 Å². The number of fused-ring (bicyclic) bond motifs is 1. The molecule has 0 saturated carbocycles. The van der Waals surface area contributed by atoms with Crippen molar-refractivity contribution in [2.75, 3.05) is 6.54 Å². The number of hydrogen-bond donors (Lipinski definition) is 1. The molecule has 0 aliphatic heterocycles. The number of nitrogens with two attached hydrogens (primary N) is 1. The monoisotopic (exact) mass is 268 g/mol. The van der Waals surface area contributed by atoms with Crippen molar-refractivity contribution in [1.82, 2.24) is 4.57 Å². The van der Waals surface area contributed by atoms with Gasteiger partial charge in [-0.05, 0) is 23.3 Å². The van der Waals surface area contributed by atoms with Gasteiger partial charge in [0.15, 0.2) is 0 Å². The Kier molecular flexibility index (Phi) is 3.28. The van der Waals surface area contributed by atoms with Crippen LogP contribution in [-0.2, 0) is 7.05 Å². The van der Waals surface area contributed by atoms with Gasteiger partial charge in [0.1, 0.15) is 5.82 Å². The third-order valence-electron chi connectivity index (χ3n) is 3.82. The second-order valence-electron chi connectivity index (χ2n) is 5.02. The number of aryl methyl sites for hydroxylation is 1. The molecular weight excluding hydrogens is 251 g/mol. The Labute approximate surface area is 117 Å². The number of hydrogen-bond acceptors (Lipinski definition) is 1. The Morgan fingerprint density at radius 2 is 1.75 bits per heavy atom. The molecule has 1 atom stereocenters. The fraction of sp³-hybridized carbons (Fsp3) is 0.176. The van der Waals surface area contributed by atoms with Crippen molar-refractivity contribution in [3.8, 4) is 0 Å². The van der Waals surface area contributed by atoms with Crippen LogP contribution in [0.2, 0.25) is 0 Å². The highest BCUT2D eigenvalue weighted by atomic mass is 19.1. The summed E-state index contributed by atoms with van der Waals surface area (Å²) in [6, 6.07) is 15.0. The zero-order valence-electron chi connectivity index (χ0n) is 11.4. The van der Waals surface area contributed by atoms with E-state index in [0.29, 0.717) is 12.1 Å². The smallest absolute Gasteiger partial charge is 0.127 e. The van der Waals surface area contributed by atoms with Gasteiger partial charge in [-0.2, -0.15) is 0 Å². The number of para-hydroxylation sites is 1. The average molecular weight is 268 g/mol. The van der Waals surface area contributed by atoms with Crippen LogP contribution in [0.4, 0.5) is 4.39 Å². The molecule has 0 radical (unpaired) electrons. The van der Waals surface area contributed by atoms with Gasteiger partial charge in [0.25, 0.3) is 0 Å². The van der Waals surface area contributed by atoms with Crippen LogP contribution in [0.5, 0.6) is 0 Å². The first-order chi connectivity index (χ1) is 9.72. The number of rotatable bonds is 3. The predicted octanol–water partition coefficient (Wildman–Crippen LogP) is 3.41. The summed E-state index contributed by atoms with van der Waals surface area (Å²) < 4.78 is 16.1. The van der Waals surface area contributed by atoms with Crippen LogP contribution in [0.3, 0.4) is 0 Å². The Morgan fingerprint density at radius 1 is 1.05 bits per heavy atom. The number of benzene rings is 2. The number of aromatic nitrogens is 1. The van der Waals surface area contributed by atoms with Crippen molar-refractivity contribution in [2.45, 2.75) is 5.92 Å². The second-order valence-corrected chi connectivity index (χ2v) is 5.02.